The van der Waals surface area contributed by atoms with Crippen molar-refractivity contribution >= 4 is 0 Å². The highest BCUT2D eigenvalue weighted by Crippen LogP contribution is 2.20. The molecule has 2 rings (SSSR count). The van der Waals surface area contributed by atoms with Crippen LogP contribution in [0.1, 0.15) is 5.56 Å². The van der Waals surface area contributed by atoms with Gasteiger partial charge in [0.1, 0.15) is 23.9 Å². The number of methoxy groups -OCH3 is 1. The second-order valence-corrected chi connectivity index (χ2v) is 3.47. The van der Waals surface area contributed by atoms with Crippen molar-refractivity contribution in [2.75, 3.05) is 7.11 Å². The van der Waals surface area contributed by atoms with Gasteiger partial charge in [-0.25, -0.2) is 4.39 Å². The van der Waals surface area contributed by atoms with Gasteiger partial charge in [-0.05, 0) is 18.2 Å². The minimum atomic E-state index is -0.428. The Bertz CT molecular complexity index is 497. The van der Waals surface area contributed by atoms with Crippen molar-refractivity contribution in [1.29, 1.82) is 0 Å². The van der Waals surface area contributed by atoms with Crippen LogP contribution in [0.3, 0.4) is 0 Å². The summed E-state index contributed by atoms with van der Waals surface area (Å²) in [5.41, 5.74) is 0.920. The van der Waals surface area contributed by atoms with Crippen molar-refractivity contribution in [2.24, 2.45) is 0 Å². The molecule has 2 nitrogen and oxygen atoms in total. The zero-order valence-electron chi connectivity index (χ0n) is 9.44. The van der Waals surface area contributed by atoms with Gasteiger partial charge in [-0.15, -0.1) is 0 Å². The van der Waals surface area contributed by atoms with Crippen LogP contribution < -0.4 is 9.47 Å². The molecule has 17 heavy (non-hydrogen) atoms. The van der Waals surface area contributed by atoms with Crippen LogP contribution in [0.25, 0.3) is 0 Å². The largest absolute Gasteiger partial charge is 0.496 e. The average molecular weight is 231 g/mol. The summed E-state index contributed by atoms with van der Waals surface area (Å²) in [7, 11) is 1.61. The van der Waals surface area contributed by atoms with Crippen LogP contribution in [0.4, 0.5) is 4.39 Å². The maximum absolute atomic E-state index is 12.9. The molecule has 0 amide bonds. The van der Waals surface area contributed by atoms with E-state index in [1.165, 1.54) is 12.1 Å². The first-order chi connectivity index (χ1) is 8.29. The number of hydrogen-bond donors (Lipinski definition) is 0. The Labute approximate surface area is 99.6 Å². The Kier molecular flexibility index (Phi) is 3.60. The van der Waals surface area contributed by atoms with E-state index in [-0.39, 0.29) is 0 Å². The zero-order chi connectivity index (χ0) is 12.1. The molecule has 2 aromatic rings. The standard InChI is InChI=1S/C14H12FO2/c1-16-14-8-3-2-5-11(14)10-17-13-7-4-6-12(15)9-13/h2-5,7-9H,10H2,1H3. The third-order valence-electron chi connectivity index (χ3n) is 2.32. The van der Waals surface area contributed by atoms with E-state index in [0.717, 1.165) is 11.3 Å². The molecule has 0 unspecified atom stereocenters. The number of halogens is 1. The quantitative estimate of drug-likeness (QED) is 0.804. The molecule has 2 aromatic carbocycles. The van der Waals surface area contributed by atoms with Crippen molar-refractivity contribution < 1.29 is 13.9 Å². The average Bonchev–Trinajstić information content (AvgIpc) is 2.37. The fraction of sp³-hybridized carbons (Fsp3) is 0.143. The highest BCUT2D eigenvalue weighted by atomic mass is 19.1. The summed E-state index contributed by atoms with van der Waals surface area (Å²) >= 11 is 0. The second-order valence-electron chi connectivity index (χ2n) is 3.47. The van der Waals surface area contributed by atoms with Gasteiger partial charge in [0.05, 0.1) is 7.11 Å². The molecule has 0 aliphatic heterocycles. The van der Waals surface area contributed by atoms with E-state index in [1.54, 1.807) is 13.2 Å². The molecular weight excluding hydrogens is 219 g/mol. The first kappa shape index (κ1) is 11.5. The molecular formula is C14H12FO2. The smallest absolute Gasteiger partial charge is 0.134 e. The van der Waals surface area contributed by atoms with E-state index in [0.29, 0.717) is 12.4 Å². The molecule has 0 fully saturated rings. The van der Waals surface area contributed by atoms with E-state index < -0.39 is 5.82 Å². The SMILES string of the molecule is COc1ccccc1COc1cc[c]c(F)c1. The molecule has 0 atom stereocenters. The van der Waals surface area contributed by atoms with Crippen LogP contribution in [0.15, 0.2) is 42.5 Å². The molecule has 0 aliphatic rings. The van der Waals surface area contributed by atoms with Crippen molar-refractivity contribution in [3.63, 3.8) is 0 Å². The Hall–Kier alpha value is -2.03. The van der Waals surface area contributed by atoms with Gasteiger partial charge in [0.25, 0.3) is 0 Å². The molecule has 0 aliphatic carbocycles. The lowest BCUT2D eigenvalue weighted by Gasteiger charge is -2.09. The summed E-state index contributed by atoms with van der Waals surface area (Å²) in [4.78, 5) is 0. The van der Waals surface area contributed by atoms with Crippen LogP contribution >= 0.6 is 0 Å². The van der Waals surface area contributed by atoms with Gasteiger partial charge in [0.2, 0.25) is 0 Å². The van der Waals surface area contributed by atoms with Gasteiger partial charge in [-0.1, -0.05) is 18.2 Å². The molecule has 0 heterocycles. The van der Waals surface area contributed by atoms with Gasteiger partial charge in [0.15, 0.2) is 0 Å². The van der Waals surface area contributed by atoms with Crippen molar-refractivity contribution in [3.8, 4) is 11.5 Å². The van der Waals surface area contributed by atoms with E-state index in [9.17, 15) is 4.39 Å². The summed E-state index contributed by atoms with van der Waals surface area (Å²) in [6, 6.07) is 14.4. The van der Waals surface area contributed by atoms with E-state index in [2.05, 4.69) is 6.07 Å². The second kappa shape index (κ2) is 5.34. The van der Waals surface area contributed by atoms with E-state index in [1.807, 2.05) is 24.3 Å². The third kappa shape index (κ3) is 2.97. The maximum atomic E-state index is 12.9. The number of hydrogen-bond acceptors (Lipinski definition) is 2. The first-order valence-electron chi connectivity index (χ1n) is 5.21. The molecule has 0 saturated heterocycles. The third-order valence-corrected chi connectivity index (χ3v) is 2.32. The molecule has 1 radical (unpaired) electrons. The van der Waals surface area contributed by atoms with Crippen LogP contribution in [-0.4, -0.2) is 7.11 Å². The Morgan fingerprint density at radius 3 is 2.82 bits per heavy atom. The monoisotopic (exact) mass is 231 g/mol. The minimum Gasteiger partial charge on any atom is -0.496 e. The molecule has 0 spiro atoms. The Morgan fingerprint density at radius 1 is 1.24 bits per heavy atom. The minimum absolute atomic E-state index is 0.341. The van der Waals surface area contributed by atoms with Crippen LogP contribution in [0, 0.1) is 11.9 Å². The van der Waals surface area contributed by atoms with Crippen molar-refractivity contribution in [1.82, 2.24) is 0 Å². The van der Waals surface area contributed by atoms with Crippen LogP contribution in [0.5, 0.6) is 11.5 Å². The lowest BCUT2D eigenvalue weighted by Crippen LogP contribution is -1.98. The highest BCUT2D eigenvalue weighted by Gasteiger charge is 2.03. The van der Waals surface area contributed by atoms with Gasteiger partial charge in [-0.2, -0.15) is 0 Å². The number of rotatable bonds is 4. The number of ether oxygens (including phenoxy) is 2. The predicted molar refractivity (Wildman–Crippen MR) is 62.6 cm³/mol. The predicted octanol–water partition coefficient (Wildman–Crippen LogP) is 3.21. The summed E-state index contributed by atoms with van der Waals surface area (Å²) < 4.78 is 23.6. The summed E-state index contributed by atoms with van der Waals surface area (Å²) in [6.45, 7) is 0.341. The van der Waals surface area contributed by atoms with Gasteiger partial charge < -0.3 is 9.47 Å². The molecule has 3 heteroatoms. The van der Waals surface area contributed by atoms with Gasteiger partial charge in [-0.3, -0.25) is 0 Å². The van der Waals surface area contributed by atoms with Crippen molar-refractivity contribution in [2.45, 2.75) is 6.61 Å². The summed E-state index contributed by atoms with van der Waals surface area (Å²) in [5.74, 6) is 0.810. The number of benzene rings is 2. The molecule has 0 bridgehead atoms. The summed E-state index contributed by atoms with van der Waals surface area (Å²) in [5, 5.41) is 0. The molecule has 0 aromatic heterocycles. The molecule has 0 saturated carbocycles. The fourth-order valence-electron chi connectivity index (χ4n) is 1.49. The Balaban J connectivity index is 2.07. The topological polar surface area (TPSA) is 18.5 Å². The number of para-hydroxylation sites is 1. The van der Waals surface area contributed by atoms with Crippen molar-refractivity contribution in [3.05, 3.63) is 59.9 Å². The maximum Gasteiger partial charge on any atom is 0.134 e. The van der Waals surface area contributed by atoms with Gasteiger partial charge in [0, 0.05) is 17.7 Å². The summed E-state index contributed by atoms with van der Waals surface area (Å²) in [6.07, 6.45) is 0. The van der Waals surface area contributed by atoms with Crippen LogP contribution in [0.2, 0.25) is 0 Å². The fourth-order valence-corrected chi connectivity index (χ4v) is 1.49. The normalized spacial score (nSPS) is 10.0. The Morgan fingerprint density at radius 2 is 2.06 bits per heavy atom. The zero-order valence-corrected chi connectivity index (χ0v) is 9.44. The van der Waals surface area contributed by atoms with Crippen LogP contribution in [-0.2, 0) is 6.61 Å². The highest BCUT2D eigenvalue weighted by molar-refractivity contribution is 5.33. The lowest BCUT2D eigenvalue weighted by molar-refractivity contribution is 0.295. The van der Waals surface area contributed by atoms with Gasteiger partial charge >= 0.3 is 0 Å². The first-order valence-corrected chi connectivity index (χ1v) is 5.21. The lowest BCUT2D eigenvalue weighted by atomic mass is 10.2. The van der Waals surface area contributed by atoms with E-state index in [4.69, 9.17) is 9.47 Å². The molecule has 0 N–H and O–H groups in total. The molecule has 87 valence electrons. The van der Waals surface area contributed by atoms with E-state index >= 15 is 0 Å².